The maximum absolute atomic E-state index is 12.3. The molecule has 0 radical (unpaired) electrons. The summed E-state index contributed by atoms with van der Waals surface area (Å²) in [7, 11) is 1.87. The van der Waals surface area contributed by atoms with Crippen LogP contribution >= 0.6 is 0 Å². The van der Waals surface area contributed by atoms with Crippen LogP contribution in [0.2, 0.25) is 0 Å². The van der Waals surface area contributed by atoms with Gasteiger partial charge in [-0.15, -0.1) is 0 Å². The number of aromatic nitrogens is 2. The summed E-state index contributed by atoms with van der Waals surface area (Å²) in [6, 6.07) is 1.52. The molecule has 0 aromatic carbocycles. The molecule has 20 heavy (non-hydrogen) atoms. The van der Waals surface area contributed by atoms with Crippen molar-refractivity contribution < 1.29 is 9.59 Å². The summed E-state index contributed by atoms with van der Waals surface area (Å²) in [5.74, 6) is 0.120. The van der Waals surface area contributed by atoms with Gasteiger partial charge in [-0.25, -0.2) is 0 Å². The van der Waals surface area contributed by atoms with Crippen LogP contribution in [0, 0.1) is 11.3 Å². The average Bonchev–Trinajstić information content (AvgIpc) is 3.00. The molecule has 0 saturated heterocycles. The van der Waals surface area contributed by atoms with E-state index in [9.17, 15) is 9.59 Å². The Hall–Kier alpha value is -1.65. The minimum atomic E-state index is -0.431. The Bertz CT molecular complexity index is 527. The fourth-order valence-electron chi connectivity index (χ4n) is 2.62. The lowest BCUT2D eigenvalue weighted by Gasteiger charge is -2.29. The molecule has 0 aliphatic heterocycles. The number of nitrogens with one attached hydrogen (secondary N) is 1. The van der Waals surface area contributed by atoms with E-state index in [0.29, 0.717) is 0 Å². The van der Waals surface area contributed by atoms with Crippen molar-refractivity contribution in [1.29, 1.82) is 0 Å². The van der Waals surface area contributed by atoms with Gasteiger partial charge in [0.15, 0.2) is 5.78 Å². The Kier molecular flexibility index (Phi) is 3.71. The third kappa shape index (κ3) is 3.08. The van der Waals surface area contributed by atoms with Crippen LogP contribution in [-0.4, -0.2) is 27.5 Å². The number of nitrogens with zero attached hydrogens (tertiary/aromatic N) is 2. The van der Waals surface area contributed by atoms with Crippen LogP contribution in [0.25, 0.3) is 0 Å². The number of hydrogen-bond donors (Lipinski definition) is 1. The lowest BCUT2D eigenvalue weighted by atomic mass is 9.84. The molecule has 1 fully saturated rings. The van der Waals surface area contributed by atoms with Crippen LogP contribution in [0.1, 0.15) is 45.7 Å². The first-order chi connectivity index (χ1) is 9.20. The normalized spacial score (nSPS) is 23.2. The molecule has 1 saturated carbocycles. The van der Waals surface area contributed by atoms with E-state index in [1.54, 1.807) is 4.68 Å². The summed E-state index contributed by atoms with van der Waals surface area (Å²) in [6.45, 7) is 7.41. The van der Waals surface area contributed by atoms with Gasteiger partial charge < -0.3 is 5.32 Å². The second kappa shape index (κ2) is 5.04. The van der Waals surface area contributed by atoms with Crippen LogP contribution in [0.5, 0.6) is 0 Å². The van der Waals surface area contributed by atoms with Crippen LogP contribution in [0.15, 0.2) is 12.3 Å². The Labute approximate surface area is 119 Å². The number of Topliss-reactive ketones (excluding diaryl/α,β-unsaturated/α-hetero) is 1. The summed E-state index contributed by atoms with van der Waals surface area (Å²) in [4.78, 5) is 24.0. The first-order valence-electron chi connectivity index (χ1n) is 7.00. The molecule has 5 nitrogen and oxygen atoms in total. The zero-order valence-electron chi connectivity index (χ0n) is 12.8. The zero-order valence-corrected chi connectivity index (χ0v) is 12.8. The topological polar surface area (TPSA) is 64.0 Å². The molecule has 1 amide bonds. The lowest BCUT2D eigenvalue weighted by molar-refractivity contribution is -0.130. The third-order valence-electron chi connectivity index (χ3n) is 3.80. The molecule has 110 valence electrons. The van der Waals surface area contributed by atoms with Crippen molar-refractivity contribution in [2.24, 2.45) is 18.4 Å². The molecule has 3 atom stereocenters. The molecule has 1 aromatic rings. The van der Waals surface area contributed by atoms with Crippen molar-refractivity contribution in [1.82, 2.24) is 15.1 Å². The second-order valence-corrected chi connectivity index (χ2v) is 6.78. The molecule has 0 bridgehead atoms. The Morgan fingerprint density at radius 2 is 2.10 bits per heavy atom. The maximum atomic E-state index is 12.3. The van der Waals surface area contributed by atoms with E-state index in [1.807, 2.05) is 40.1 Å². The van der Waals surface area contributed by atoms with Crippen LogP contribution in [0.4, 0.5) is 0 Å². The molecule has 0 spiro atoms. The van der Waals surface area contributed by atoms with E-state index in [0.717, 1.165) is 12.1 Å². The summed E-state index contributed by atoms with van der Waals surface area (Å²) >= 11 is 0. The highest BCUT2D eigenvalue weighted by Crippen LogP contribution is 2.47. The van der Waals surface area contributed by atoms with Gasteiger partial charge >= 0.3 is 0 Å². The van der Waals surface area contributed by atoms with Gasteiger partial charge in [0.1, 0.15) is 0 Å². The summed E-state index contributed by atoms with van der Waals surface area (Å²) in [5, 5.41) is 7.24. The largest absolute Gasteiger partial charge is 0.346 e. The summed E-state index contributed by atoms with van der Waals surface area (Å²) in [5.41, 5.74) is 0.694. The summed E-state index contributed by atoms with van der Waals surface area (Å²) in [6.07, 6.45) is 2.70. The number of aryl methyl sites for hydroxylation is 1. The predicted octanol–water partition coefficient (Wildman–Crippen LogP) is 1.64. The highest BCUT2D eigenvalue weighted by molar-refractivity contribution is 5.90. The predicted molar refractivity (Wildman–Crippen MR) is 76.1 cm³/mol. The number of ketones is 1. The van der Waals surface area contributed by atoms with Gasteiger partial charge in [-0.1, -0.05) is 20.8 Å². The highest BCUT2D eigenvalue weighted by atomic mass is 16.2. The molecule has 1 heterocycles. The molecule has 2 rings (SSSR count). The SMILES string of the molecule is CC(=O)[C@@H](NC(=O)C1CC1c1ccn(C)n1)C(C)(C)C. The van der Waals surface area contributed by atoms with Gasteiger partial charge in [0.2, 0.25) is 5.91 Å². The maximum Gasteiger partial charge on any atom is 0.224 e. The fourth-order valence-corrected chi connectivity index (χ4v) is 2.62. The first-order valence-corrected chi connectivity index (χ1v) is 7.00. The van der Waals surface area contributed by atoms with Gasteiger partial charge in [-0.2, -0.15) is 5.10 Å². The van der Waals surface area contributed by atoms with Crippen LogP contribution in [0.3, 0.4) is 0 Å². The standard InChI is InChI=1S/C15H23N3O2/c1-9(19)13(15(2,3)4)16-14(20)11-8-10(11)12-6-7-18(5)17-12/h6-7,10-11,13H,8H2,1-5H3,(H,16,20)/t10?,11?,13-/m1/s1. The zero-order chi connectivity index (χ0) is 15.1. The number of carbonyl (C=O) groups is 2. The molecular formula is C15H23N3O2. The Balaban J connectivity index is 1.98. The molecule has 1 aliphatic rings. The van der Waals surface area contributed by atoms with Crippen molar-refractivity contribution in [3.8, 4) is 0 Å². The second-order valence-electron chi connectivity index (χ2n) is 6.78. The van der Waals surface area contributed by atoms with Gasteiger partial charge in [0.05, 0.1) is 11.7 Å². The monoisotopic (exact) mass is 277 g/mol. The smallest absolute Gasteiger partial charge is 0.224 e. The van der Waals surface area contributed by atoms with Crippen molar-refractivity contribution in [3.63, 3.8) is 0 Å². The van der Waals surface area contributed by atoms with Gasteiger partial charge in [-0.3, -0.25) is 14.3 Å². The van der Waals surface area contributed by atoms with E-state index in [1.165, 1.54) is 6.92 Å². The van der Waals surface area contributed by atoms with E-state index in [2.05, 4.69) is 10.4 Å². The Morgan fingerprint density at radius 3 is 2.55 bits per heavy atom. The van der Waals surface area contributed by atoms with Crippen LogP contribution in [-0.2, 0) is 16.6 Å². The number of carbonyl (C=O) groups excluding carboxylic acids is 2. The lowest BCUT2D eigenvalue weighted by Crippen LogP contribution is -2.48. The van der Waals surface area contributed by atoms with Crippen LogP contribution < -0.4 is 5.32 Å². The van der Waals surface area contributed by atoms with E-state index >= 15 is 0 Å². The molecule has 1 aliphatic carbocycles. The van der Waals surface area contributed by atoms with Crippen molar-refractivity contribution in [3.05, 3.63) is 18.0 Å². The number of rotatable bonds is 4. The molecule has 2 unspecified atom stereocenters. The minimum absolute atomic E-state index is 0.000820. The molecule has 1 aromatic heterocycles. The number of amides is 1. The Morgan fingerprint density at radius 1 is 1.45 bits per heavy atom. The quantitative estimate of drug-likeness (QED) is 0.910. The van der Waals surface area contributed by atoms with E-state index in [-0.39, 0.29) is 28.9 Å². The first kappa shape index (κ1) is 14.8. The summed E-state index contributed by atoms with van der Waals surface area (Å²) < 4.78 is 1.75. The van der Waals surface area contributed by atoms with Crippen molar-refractivity contribution >= 4 is 11.7 Å². The fraction of sp³-hybridized carbons (Fsp3) is 0.667. The van der Waals surface area contributed by atoms with E-state index in [4.69, 9.17) is 0 Å². The minimum Gasteiger partial charge on any atom is -0.346 e. The highest BCUT2D eigenvalue weighted by Gasteiger charge is 2.46. The van der Waals surface area contributed by atoms with E-state index < -0.39 is 6.04 Å². The van der Waals surface area contributed by atoms with Crippen molar-refractivity contribution in [2.75, 3.05) is 0 Å². The molecule has 5 heteroatoms. The molecule has 1 N–H and O–H groups in total. The van der Waals surface area contributed by atoms with Gasteiger partial charge in [-0.05, 0) is 24.8 Å². The number of hydrogen-bond acceptors (Lipinski definition) is 3. The molecular weight excluding hydrogens is 254 g/mol. The average molecular weight is 277 g/mol. The van der Waals surface area contributed by atoms with Gasteiger partial charge in [0.25, 0.3) is 0 Å². The van der Waals surface area contributed by atoms with Crippen molar-refractivity contribution in [2.45, 2.75) is 46.1 Å². The van der Waals surface area contributed by atoms with Gasteiger partial charge in [0, 0.05) is 25.1 Å². The third-order valence-corrected chi connectivity index (χ3v) is 3.80.